The maximum atomic E-state index is 12.5. The molecular weight excluding hydrogens is 364 g/mol. The van der Waals surface area contributed by atoms with Crippen LogP contribution in [0.2, 0.25) is 5.02 Å². The first-order valence-corrected chi connectivity index (χ1v) is 10.2. The van der Waals surface area contributed by atoms with Crippen molar-refractivity contribution in [3.8, 4) is 0 Å². The van der Waals surface area contributed by atoms with E-state index in [0.717, 1.165) is 55.4 Å². The summed E-state index contributed by atoms with van der Waals surface area (Å²) in [5.41, 5.74) is 1.12. The van der Waals surface area contributed by atoms with Gasteiger partial charge in [0.1, 0.15) is 6.10 Å². The van der Waals surface area contributed by atoms with Crippen LogP contribution < -0.4 is 5.32 Å². The van der Waals surface area contributed by atoms with Crippen molar-refractivity contribution in [1.82, 2.24) is 15.1 Å². The Labute approximate surface area is 166 Å². The van der Waals surface area contributed by atoms with E-state index in [-0.39, 0.29) is 12.0 Å². The topological polar surface area (TPSA) is 57.2 Å². The van der Waals surface area contributed by atoms with Gasteiger partial charge in [-0.1, -0.05) is 29.8 Å². The average molecular weight is 393 g/mol. The number of carbonyl (C=O) groups excluding carboxylic acids is 1. The third kappa shape index (κ3) is 5.36. The van der Waals surface area contributed by atoms with Crippen molar-refractivity contribution in [3.05, 3.63) is 34.9 Å². The Morgan fingerprint density at radius 1 is 1.26 bits per heavy atom. The molecule has 1 aromatic carbocycles. The van der Waals surface area contributed by atoms with Gasteiger partial charge in [-0.15, -0.1) is 0 Å². The summed E-state index contributed by atoms with van der Waals surface area (Å²) in [6.45, 7) is 7.29. The SMILES string of the molecule is CCNC(=NCCc1ccccc1Cl)N1CCN(C(=O)C2CCCO2)CC1. The van der Waals surface area contributed by atoms with Crippen molar-refractivity contribution in [3.63, 3.8) is 0 Å². The number of rotatable bonds is 5. The summed E-state index contributed by atoms with van der Waals surface area (Å²) in [6, 6.07) is 7.90. The number of benzene rings is 1. The minimum Gasteiger partial charge on any atom is -0.368 e. The van der Waals surface area contributed by atoms with Gasteiger partial charge in [0.25, 0.3) is 5.91 Å². The summed E-state index contributed by atoms with van der Waals surface area (Å²) in [4.78, 5) is 21.4. The molecule has 0 aromatic heterocycles. The van der Waals surface area contributed by atoms with Crippen LogP contribution in [0.25, 0.3) is 0 Å². The van der Waals surface area contributed by atoms with E-state index < -0.39 is 0 Å². The van der Waals surface area contributed by atoms with Crippen LogP contribution in [0.5, 0.6) is 0 Å². The van der Waals surface area contributed by atoms with Gasteiger partial charge in [-0.05, 0) is 37.8 Å². The van der Waals surface area contributed by atoms with E-state index in [4.69, 9.17) is 21.3 Å². The predicted octanol–water partition coefficient (Wildman–Crippen LogP) is 2.17. The van der Waals surface area contributed by atoms with E-state index in [1.165, 1.54) is 0 Å². The highest BCUT2D eigenvalue weighted by atomic mass is 35.5. The Morgan fingerprint density at radius 2 is 2.00 bits per heavy atom. The maximum absolute atomic E-state index is 12.5. The fourth-order valence-corrected chi connectivity index (χ4v) is 3.75. The first-order valence-electron chi connectivity index (χ1n) is 9.86. The van der Waals surface area contributed by atoms with E-state index in [1.54, 1.807) is 0 Å². The summed E-state index contributed by atoms with van der Waals surface area (Å²) in [5.74, 6) is 1.06. The van der Waals surface area contributed by atoms with Crippen LogP contribution >= 0.6 is 11.6 Å². The Bertz CT molecular complexity index is 653. The van der Waals surface area contributed by atoms with E-state index >= 15 is 0 Å². The average Bonchev–Trinajstić information content (AvgIpc) is 3.23. The van der Waals surface area contributed by atoms with Crippen LogP contribution in [0.15, 0.2) is 29.3 Å². The first kappa shape index (κ1) is 20.0. The van der Waals surface area contributed by atoms with Gasteiger partial charge in [0.15, 0.2) is 5.96 Å². The number of aliphatic imine (C=N–C) groups is 1. The van der Waals surface area contributed by atoms with Gasteiger partial charge in [0.2, 0.25) is 0 Å². The Hall–Kier alpha value is -1.79. The molecule has 6 nitrogen and oxygen atoms in total. The normalized spacial score (nSPS) is 20.8. The molecule has 1 amide bonds. The standard InChI is InChI=1S/C20H29ClN4O2/c1-2-22-20(23-10-9-16-6-3-4-7-17(16)21)25-13-11-24(12-14-25)19(26)18-8-5-15-27-18/h3-4,6-7,18H,2,5,8-15H2,1H3,(H,22,23). The fourth-order valence-electron chi connectivity index (χ4n) is 3.52. The first-order chi connectivity index (χ1) is 13.2. The van der Waals surface area contributed by atoms with Crippen LogP contribution in [0.1, 0.15) is 25.3 Å². The zero-order valence-electron chi connectivity index (χ0n) is 16.0. The van der Waals surface area contributed by atoms with Gasteiger partial charge >= 0.3 is 0 Å². The molecule has 0 aliphatic carbocycles. The third-order valence-electron chi connectivity index (χ3n) is 5.03. The number of nitrogens with zero attached hydrogens (tertiary/aromatic N) is 3. The van der Waals surface area contributed by atoms with Gasteiger partial charge in [-0.25, -0.2) is 0 Å². The van der Waals surface area contributed by atoms with Crippen molar-refractivity contribution in [2.24, 2.45) is 4.99 Å². The Morgan fingerprint density at radius 3 is 2.67 bits per heavy atom. The lowest BCUT2D eigenvalue weighted by atomic mass is 10.1. The highest BCUT2D eigenvalue weighted by Crippen LogP contribution is 2.17. The summed E-state index contributed by atoms with van der Waals surface area (Å²) < 4.78 is 5.53. The molecular formula is C20H29ClN4O2. The number of hydrogen-bond acceptors (Lipinski definition) is 3. The lowest BCUT2D eigenvalue weighted by Crippen LogP contribution is -2.55. The van der Waals surface area contributed by atoms with E-state index in [1.807, 2.05) is 29.2 Å². The van der Waals surface area contributed by atoms with Gasteiger partial charge < -0.3 is 19.9 Å². The summed E-state index contributed by atoms with van der Waals surface area (Å²) in [5, 5.41) is 4.16. The fraction of sp³-hybridized carbons (Fsp3) is 0.600. The zero-order chi connectivity index (χ0) is 19.1. The molecule has 2 saturated heterocycles. The number of guanidine groups is 1. The number of amides is 1. The molecule has 1 unspecified atom stereocenters. The lowest BCUT2D eigenvalue weighted by Gasteiger charge is -2.37. The molecule has 2 fully saturated rings. The molecule has 0 radical (unpaired) electrons. The zero-order valence-corrected chi connectivity index (χ0v) is 16.7. The Kier molecular flexibility index (Phi) is 7.35. The van der Waals surface area contributed by atoms with Gasteiger partial charge in [-0.2, -0.15) is 0 Å². The van der Waals surface area contributed by atoms with Crippen molar-refractivity contribution >= 4 is 23.5 Å². The number of piperazine rings is 1. The quantitative estimate of drug-likeness (QED) is 0.616. The third-order valence-corrected chi connectivity index (χ3v) is 5.40. The van der Waals surface area contributed by atoms with Gasteiger partial charge in [0.05, 0.1) is 0 Å². The molecule has 1 N–H and O–H groups in total. The van der Waals surface area contributed by atoms with Crippen molar-refractivity contribution in [2.75, 3.05) is 45.9 Å². The number of carbonyl (C=O) groups is 1. The summed E-state index contributed by atoms with van der Waals surface area (Å²) in [7, 11) is 0. The van der Waals surface area contributed by atoms with Crippen LogP contribution in [-0.4, -0.2) is 73.6 Å². The highest BCUT2D eigenvalue weighted by molar-refractivity contribution is 6.31. The van der Waals surface area contributed by atoms with Crippen molar-refractivity contribution in [2.45, 2.75) is 32.3 Å². The van der Waals surface area contributed by atoms with E-state index in [2.05, 4.69) is 17.1 Å². The maximum Gasteiger partial charge on any atom is 0.251 e. The molecule has 0 spiro atoms. The lowest BCUT2D eigenvalue weighted by molar-refractivity contribution is -0.142. The summed E-state index contributed by atoms with van der Waals surface area (Å²) in [6.07, 6.45) is 2.42. The largest absolute Gasteiger partial charge is 0.368 e. The molecule has 1 aromatic rings. The molecule has 1 atom stereocenters. The molecule has 0 saturated carbocycles. The van der Waals surface area contributed by atoms with E-state index in [0.29, 0.717) is 26.2 Å². The number of halogens is 1. The van der Waals surface area contributed by atoms with Crippen LogP contribution in [0.4, 0.5) is 0 Å². The minimum atomic E-state index is -0.228. The molecule has 2 heterocycles. The van der Waals surface area contributed by atoms with Crippen molar-refractivity contribution in [1.29, 1.82) is 0 Å². The highest BCUT2D eigenvalue weighted by Gasteiger charge is 2.30. The Balaban J connectivity index is 1.52. The second-order valence-electron chi connectivity index (χ2n) is 6.89. The monoisotopic (exact) mass is 392 g/mol. The van der Waals surface area contributed by atoms with Crippen LogP contribution in [0.3, 0.4) is 0 Å². The van der Waals surface area contributed by atoms with Crippen LogP contribution in [0, 0.1) is 0 Å². The van der Waals surface area contributed by atoms with Gasteiger partial charge in [-0.3, -0.25) is 9.79 Å². The number of hydrogen-bond donors (Lipinski definition) is 1. The molecule has 3 rings (SSSR count). The number of nitrogens with one attached hydrogen (secondary N) is 1. The smallest absolute Gasteiger partial charge is 0.251 e. The second kappa shape index (κ2) is 9.95. The minimum absolute atomic E-state index is 0.146. The van der Waals surface area contributed by atoms with Crippen molar-refractivity contribution < 1.29 is 9.53 Å². The number of ether oxygens (including phenoxy) is 1. The second-order valence-corrected chi connectivity index (χ2v) is 7.30. The predicted molar refractivity (Wildman–Crippen MR) is 108 cm³/mol. The molecule has 7 heteroatoms. The van der Waals surface area contributed by atoms with Crippen LogP contribution in [-0.2, 0) is 16.0 Å². The molecule has 148 valence electrons. The summed E-state index contributed by atoms with van der Waals surface area (Å²) >= 11 is 6.23. The molecule has 2 aliphatic rings. The molecule has 27 heavy (non-hydrogen) atoms. The molecule has 0 bridgehead atoms. The molecule has 2 aliphatic heterocycles. The van der Waals surface area contributed by atoms with E-state index in [9.17, 15) is 4.79 Å². The van der Waals surface area contributed by atoms with Gasteiger partial charge in [0, 0.05) is 50.9 Å².